The number of rotatable bonds is 2. The Hall–Kier alpha value is -2.69. The first-order valence-corrected chi connectivity index (χ1v) is 11.3. The number of aromatic nitrogens is 1. The topological polar surface area (TPSA) is 42.0 Å². The first kappa shape index (κ1) is 18.1. The third kappa shape index (κ3) is 2.44. The summed E-state index contributed by atoms with van der Waals surface area (Å²) in [6.45, 7) is 2.10. The molecular weight excluding hydrogens is 412 g/mol. The third-order valence-corrected chi connectivity index (χ3v) is 7.98. The molecule has 148 valence electrons. The van der Waals surface area contributed by atoms with Crippen LogP contribution in [0.5, 0.6) is 0 Å². The van der Waals surface area contributed by atoms with E-state index in [4.69, 9.17) is 11.6 Å². The summed E-state index contributed by atoms with van der Waals surface area (Å²) in [7, 11) is 0. The summed E-state index contributed by atoms with van der Waals surface area (Å²) >= 11 is 7.74. The molecule has 0 aliphatic heterocycles. The van der Waals surface area contributed by atoms with Crippen LogP contribution in [0, 0.1) is 5.41 Å². The summed E-state index contributed by atoms with van der Waals surface area (Å²) in [5.41, 5.74) is 5.46. The van der Waals surface area contributed by atoms with Gasteiger partial charge in [0, 0.05) is 11.8 Å². The molecule has 0 fully saturated rings. The molecule has 1 amide bonds. The average molecular weight is 431 g/mol. The maximum atomic E-state index is 13.7. The Morgan fingerprint density at radius 1 is 1.00 bits per heavy atom. The number of nitrogens with one attached hydrogen (secondary N) is 1. The number of carbonyl (C=O) groups excluding carboxylic acids is 1. The number of amides is 1. The molecule has 3 aliphatic rings. The van der Waals surface area contributed by atoms with Crippen LogP contribution in [0.1, 0.15) is 47.4 Å². The van der Waals surface area contributed by atoms with Crippen molar-refractivity contribution in [3.63, 3.8) is 0 Å². The van der Waals surface area contributed by atoms with Gasteiger partial charge in [0.25, 0.3) is 0 Å². The molecule has 3 aliphatic carbocycles. The summed E-state index contributed by atoms with van der Waals surface area (Å²) in [5, 5.41) is 4.34. The highest BCUT2D eigenvalue weighted by atomic mass is 35.5. The van der Waals surface area contributed by atoms with Crippen molar-refractivity contribution in [3.8, 4) is 0 Å². The zero-order valence-electron chi connectivity index (χ0n) is 16.4. The van der Waals surface area contributed by atoms with Crippen molar-refractivity contribution >= 4 is 44.2 Å². The fourth-order valence-corrected chi connectivity index (χ4v) is 6.56. The zero-order valence-corrected chi connectivity index (χ0v) is 17.9. The molecule has 0 unspecified atom stereocenters. The quantitative estimate of drug-likeness (QED) is 0.390. The van der Waals surface area contributed by atoms with E-state index < -0.39 is 5.41 Å². The Morgan fingerprint density at radius 2 is 1.63 bits per heavy atom. The second-order valence-corrected chi connectivity index (χ2v) is 9.86. The number of nitrogens with zero attached hydrogens (tertiary/aromatic N) is 1. The fraction of sp³-hybridized carbons (Fsp3) is 0.200. The predicted molar refractivity (Wildman–Crippen MR) is 123 cm³/mol. The lowest BCUT2D eigenvalue weighted by Crippen LogP contribution is -2.47. The Balaban J connectivity index is 1.43. The monoisotopic (exact) mass is 430 g/mol. The number of hydrogen-bond donors (Lipinski definition) is 1. The molecule has 1 N–H and O–H groups in total. The van der Waals surface area contributed by atoms with Gasteiger partial charge in [-0.1, -0.05) is 77.5 Å². The van der Waals surface area contributed by atoms with Crippen molar-refractivity contribution in [1.82, 2.24) is 4.98 Å². The molecule has 0 spiro atoms. The van der Waals surface area contributed by atoms with Crippen LogP contribution in [0.25, 0.3) is 10.2 Å². The second-order valence-electron chi connectivity index (χ2n) is 8.42. The minimum absolute atomic E-state index is 0.0247. The van der Waals surface area contributed by atoms with Gasteiger partial charge in [0.15, 0.2) is 5.13 Å². The predicted octanol–water partition coefficient (Wildman–Crippen LogP) is 6.58. The van der Waals surface area contributed by atoms with E-state index >= 15 is 0 Å². The lowest BCUT2D eigenvalue weighted by Gasteiger charge is -2.50. The lowest BCUT2D eigenvalue weighted by molar-refractivity contribution is -0.126. The van der Waals surface area contributed by atoms with Gasteiger partial charge in [-0.3, -0.25) is 4.79 Å². The molecule has 1 atom stereocenters. The smallest absolute Gasteiger partial charge is 0.233 e. The van der Waals surface area contributed by atoms with Crippen LogP contribution < -0.4 is 5.32 Å². The maximum Gasteiger partial charge on any atom is 0.233 e. The van der Waals surface area contributed by atoms with Crippen molar-refractivity contribution < 1.29 is 4.79 Å². The molecule has 30 heavy (non-hydrogen) atoms. The molecule has 3 aromatic carbocycles. The van der Waals surface area contributed by atoms with Gasteiger partial charge in [-0.15, -0.1) is 0 Å². The van der Waals surface area contributed by atoms with E-state index in [-0.39, 0.29) is 17.7 Å². The zero-order chi connectivity index (χ0) is 20.5. The van der Waals surface area contributed by atoms with Gasteiger partial charge in [0.2, 0.25) is 5.91 Å². The molecule has 4 aromatic rings. The van der Waals surface area contributed by atoms with Crippen LogP contribution in [-0.2, 0) is 4.79 Å². The van der Waals surface area contributed by atoms with Crippen LogP contribution in [0.15, 0.2) is 66.7 Å². The maximum absolute atomic E-state index is 13.7. The minimum Gasteiger partial charge on any atom is -0.301 e. The highest BCUT2D eigenvalue weighted by molar-refractivity contribution is 7.22. The van der Waals surface area contributed by atoms with E-state index in [9.17, 15) is 4.79 Å². The largest absolute Gasteiger partial charge is 0.301 e. The Labute approximate surface area is 183 Å². The number of thiazole rings is 1. The van der Waals surface area contributed by atoms with Gasteiger partial charge in [-0.05, 0) is 47.7 Å². The van der Waals surface area contributed by atoms with Gasteiger partial charge in [0.1, 0.15) is 5.52 Å². The first-order chi connectivity index (χ1) is 14.6. The summed E-state index contributed by atoms with van der Waals surface area (Å²) in [5.74, 6) is 0.299. The molecule has 0 radical (unpaired) electrons. The van der Waals surface area contributed by atoms with Gasteiger partial charge in [-0.25, -0.2) is 4.98 Å². The molecule has 1 aromatic heterocycles. The SMILES string of the molecule is C[C@@]1(C(=O)Nc2nc3c(Cl)cccc3s2)CC2c3ccccc3C1c1ccccc12. The van der Waals surface area contributed by atoms with Crippen molar-refractivity contribution in [3.05, 3.63) is 94.0 Å². The first-order valence-electron chi connectivity index (χ1n) is 10.1. The number of carbonyl (C=O) groups is 1. The van der Waals surface area contributed by atoms with E-state index in [1.54, 1.807) is 0 Å². The number of anilines is 1. The van der Waals surface area contributed by atoms with E-state index in [0.29, 0.717) is 10.2 Å². The number of halogens is 1. The van der Waals surface area contributed by atoms with Crippen LogP contribution in [-0.4, -0.2) is 10.9 Å². The van der Waals surface area contributed by atoms with E-state index in [1.807, 2.05) is 18.2 Å². The summed E-state index contributed by atoms with van der Waals surface area (Å²) in [6, 6.07) is 22.9. The number of fused-ring (bicyclic) bond motifs is 2. The number of hydrogen-bond acceptors (Lipinski definition) is 3. The van der Waals surface area contributed by atoms with Crippen LogP contribution >= 0.6 is 22.9 Å². The van der Waals surface area contributed by atoms with E-state index in [2.05, 4.69) is 65.8 Å². The standard InChI is InChI=1S/C25H19ClN2OS/c1-25(23(29)28-24-27-22-19(26)11-6-12-20(22)30-24)13-18-14-7-2-4-9-16(14)21(25)17-10-5-3-8-15(17)18/h2-12,18,21H,13H2,1H3,(H,27,28,29)/t18?,21?,25-/m1/s1. The average Bonchev–Trinajstić information content (AvgIpc) is 3.18. The Kier molecular flexibility index (Phi) is 3.86. The highest BCUT2D eigenvalue weighted by Gasteiger charge is 2.53. The second kappa shape index (κ2) is 6.40. The molecule has 2 bridgehead atoms. The van der Waals surface area contributed by atoms with Crippen molar-refractivity contribution in [2.45, 2.75) is 25.2 Å². The molecule has 7 rings (SSSR count). The van der Waals surface area contributed by atoms with Crippen LogP contribution in [0.2, 0.25) is 5.02 Å². The third-order valence-electron chi connectivity index (χ3n) is 6.74. The summed E-state index contributed by atoms with van der Waals surface area (Å²) in [4.78, 5) is 18.3. The molecule has 3 nitrogen and oxygen atoms in total. The number of benzene rings is 3. The van der Waals surface area contributed by atoms with Crippen molar-refractivity contribution in [2.24, 2.45) is 5.41 Å². The van der Waals surface area contributed by atoms with Gasteiger partial charge in [0.05, 0.1) is 15.1 Å². The highest BCUT2D eigenvalue weighted by Crippen LogP contribution is 2.61. The fourth-order valence-electron chi connectivity index (χ4n) is 5.40. The Morgan fingerprint density at radius 3 is 2.27 bits per heavy atom. The summed E-state index contributed by atoms with van der Waals surface area (Å²) in [6.07, 6.45) is 0.795. The lowest BCUT2D eigenvalue weighted by atomic mass is 9.52. The number of para-hydroxylation sites is 1. The van der Waals surface area contributed by atoms with Crippen LogP contribution in [0.4, 0.5) is 5.13 Å². The van der Waals surface area contributed by atoms with Gasteiger partial charge in [-0.2, -0.15) is 0 Å². The van der Waals surface area contributed by atoms with E-state index in [0.717, 1.165) is 16.6 Å². The van der Waals surface area contributed by atoms with Crippen LogP contribution in [0.3, 0.4) is 0 Å². The molecule has 1 heterocycles. The molecular formula is C25H19ClN2OS. The molecule has 0 saturated heterocycles. The van der Waals surface area contributed by atoms with Crippen molar-refractivity contribution in [1.29, 1.82) is 0 Å². The molecule has 0 saturated carbocycles. The normalized spacial score (nSPS) is 23.8. The van der Waals surface area contributed by atoms with Gasteiger partial charge < -0.3 is 5.32 Å². The minimum atomic E-state index is -0.547. The Bertz CT molecular complexity index is 1280. The van der Waals surface area contributed by atoms with Crippen molar-refractivity contribution in [2.75, 3.05) is 5.32 Å². The van der Waals surface area contributed by atoms with Gasteiger partial charge >= 0.3 is 0 Å². The summed E-state index contributed by atoms with van der Waals surface area (Å²) < 4.78 is 0.976. The molecule has 5 heteroatoms. The van der Waals surface area contributed by atoms with E-state index in [1.165, 1.54) is 33.6 Å².